The van der Waals surface area contributed by atoms with Gasteiger partial charge in [-0.25, -0.2) is 0 Å². The van der Waals surface area contributed by atoms with Crippen LogP contribution in [0, 0.1) is 0 Å². The average Bonchev–Trinajstić information content (AvgIpc) is 2.43. The van der Waals surface area contributed by atoms with Crippen molar-refractivity contribution in [1.82, 2.24) is 4.98 Å². The summed E-state index contributed by atoms with van der Waals surface area (Å²) in [6.07, 6.45) is 3.47. The average molecular weight is 259 g/mol. The first-order chi connectivity index (χ1) is 9.08. The van der Waals surface area contributed by atoms with Gasteiger partial charge in [-0.05, 0) is 37.9 Å². The maximum atomic E-state index is 6.43. The molecule has 1 heterocycles. The van der Waals surface area contributed by atoms with Gasteiger partial charge in [-0.2, -0.15) is 0 Å². The van der Waals surface area contributed by atoms with E-state index >= 15 is 0 Å². The van der Waals surface area contributed by atoms with E-state index in [4.69, 9.17) is 16.2 Å². The number of rotatable bonds is 5. The zero-order valence-electron chi connectivity index (χ0n) is 11.5. The number of hydrogen-bond donors (Lipinski definition) is 2. The van der Waals surface area contributed by atoms with Gasteiger partial charge in [0.15, 0.2) is 0 Å². The molecule has 102 valence electrons. The van der Waals surface area contributed by atoms with Crippen LogP contribution in [-0.4, -0.2) is 18.6 Å². The molecule has 0 aliphatic carbocycles. The van der Waals surface area contributed by atoms with Crippen molar-refractivity contribution in [2.75, 3.05) is 13.7 Å². The van der Waals surface area contributed by atoms with E-state index in [-0.39, 0.29) is 0 Å². The van der Waals surface area contributed by atoms with Gasteiger partial charge in [0.05, 0.1) is 18.8 Å². The van der Waals surface area contributed by atoms with Gasteiger partial charge in [0, 0.05) is 10.9 Å². The van der Waals surface area contributed by atoms with Crippen LogP contribution in [0.3, 0.4) is 0 Å². The first kappa shape index (κ1) is 13.8. The van der Waals surface area contributed by atoms with E-state index in [0.717, 1.165) is 35.1 Å². The maximum absolute atomic E-state index is 6.43. The van der Waals surface area contributed by atoms with Crippen molar-refractivity contribution in [2.24, 2.45) is 11.5 Å². The fourth-order valence-corrected chi connectivity index (χ4v) is 2.32. The molecule has 1 atom stereocenters. The molecular formula is C15H21N3O. The van der Waals surface area contributed by atoms with Crippen molar-refractivity contribution in [3.8, 4) is 5.75 Å². The molecule has 0 fully saturated rings. The highest BCUT2D eigenvalue weighted by molar-refractivity contribution is 5.83. The van der Waals surface area contributed by atoms with Crippen LogP contribution in [0.25, 0.3) is 10.9 Å². The Balaban J connectivity index is 2.48. The highest BCUT2D eigenvalue weighted by atomic mass is 16.5. The van der Waals surface area contributed by atoms with Crippen molar-refractivity contribution in [3.63, 3.8) is 0 Å². The predicted molar refractivity (Wildman–Crippen MR) is 78.1 cm³/mol. The molecule has 0 aliphatic rings. The minimum absolute atomic E-state index is 0.416. The molecule has 4 heteroatoms. The van der Waals surface area contributed by atoms with E-state index < -0.39 is 5.54 Å². The molecule has 4 nitrogen and oxygen atoms in total. The molecule has 0 bridgehead atoms. The quantitative estimate of drug-likeness (QED) is 0.863. The molecule has 19 heavy (non-hydrogen) atoms. The predicted octanol–water partition coefficient (Wildman–Crippen LogP) is 2.16. The number of benzene rings is 1. The van der Waals surface area contributed by atoms with Gasteiger partial charge in [-0.15, -0.1) is 0 Å². The van der Waals surface area contributed by atoms with Crippen molar-refractivity contribution in [2.45, 2.75) is 25.3 Å². The van der Waals surface area contributed by atoms with Crippen LogP contribution >= 0.6 is 0 Å². The minimum Gasteiger partial charge on any atom is -0.495 e. The molecule has 0 aliphatic heterocycles. The van der Waals surface area contributed by atoms with Gasteiger partial charge in [0.2, 0.25) is 0 Å². The third kappa shape index (κ3) is 2.85. The number of ether oxygens (including phenoxy) is 1. The Morgan fingerprint density at radius 3 is 2.84 bits per heavy atom. The Bertz CT molecular complexity index is 566. The SMILES string of the molecule is COc1cnc2c(C(C)(N)CCCN)cccc2c1. The number of nitrogens with zero attached hydrogens (tertiary/aromatic N) is 1. The molecule has 0 saturated carbocycles. The molecule has 4 N–H and O–H groups in total. The number of aromatic nitrogens is 1. The maximum Gasteiger partial charge on any atom is 0.137 e. The fourth-order valence-electron chi connectivity index (χ4n) is 2.32. The molecule has 2 rings (SSSR count). The second kappa shape index (κ2) is 5.55. The van der Waals surface area contributed by atoms with Crippen LogP contribution < -0.4 is 16.2 Å². The van der Waals surface area contributed by atoms with Gasteiger partial charge in [0.1, 0.15) is 5.75 Å². The summed E-state index contributed by atoms with van der Waals surface area (Å²) < 4.78 is 5.20. The second-order valence-electron chi connectivity index (χ2n) is 5.06. The Hall–Kier alpha value is -1.65. The van der Waals surface area contributed by atoms with Crippen molar-refractivity contribution < 1.29 is 4.74 Å². The summed E-state index contributed by atoms with van der Waals surface area (Å²) in [4.78, 5) is 4.49. The summed E-state index contributed by atoms with van der Waals surface area (Å²) >= 11 is 0. The van der Waals surface area contributed by atoms with Crippen LogP contribution in [0.15, 0.2) is 30.5 Å². The molecule has 1 aromatic heterocycles. The summed E-state index contributed by atoms with van der Waals surface area (Å²) in [5, 5.41) is 1.04. The van der Waals surface area contributed by atoms with Gasteiger partial charge < -0.3 is 16.2 Å². The summed E-state index contributed by atoms with van der Waals surface area (Å²) in [7, 11) is 1.64. The molecular weight excluding hydrogens is 238 g/mol. The van der Waals surface area contributed by atoms with E-state index in [1.54, 1.807) is 13.3 Å². The van der Waals surface area contributed by atoms with Crippen molar-refractivity contribution in [1.29, 1.82) is 0 Å². The molecule has 0 spiro atoms. The number of hydrogen-bond acceptors (Lipinski definition) is 4. The third-order valence-corrected chi connectivity index (χ3v) is 3.44. The Morgan fingerprint density at radius 1 is 1.37 bits per heavy atom. The normalized spacial score (nSPS) is 14.3. The van der Waals surface area contributed by atoms with Crippen molar-refractivity contribution >= 4 is 10.9 Å². The number of para-hydroxylation sites is 1. The van der Waals surface area contributed by atoms with Crippen molar-refractivity contribution in [3.05, 3.63) is 36.0 Å². The van der Waals surface area contributed by atoms with Gasteiger partial charge in [-0.3, -0.25) is 4.98 Å². The summed E-state index contributed by atoms with van der Waals surface area (Å²) in [5.74, 6) is 0.755. The second-order valence-corrected chi connectivity index (χ2v) is 5.06. The Kier molecular flexibility index (Phi) is 4.02. The largest absolute Gasteiger partial charge is 0.495 e. The van der Waals surface area contributed by atoms with Crippen LogP contribution in [0.5, 0.6) is 5.75 Å². The first-order valence-corrected chi connectivity index (χ1v) is 6.50. The van der Waals surface area contributed by atoms with Gasteiger partial charge in [0.25, 0.3) is 0 Å². The van der Waals surface area contributed by atoms with Gasteiger partial charge >= 0.3 is 0 Å². The number of pyridine rings is 1. The molecule has 1 unspecified atom stereocenters. The summed E-state index contributed by atoms with van der Waals surface area (Å²) in [5.41, 5.74) is 13.6. The zero-order valence-corrected chi connectivity index (χ0v) is 11.5. The molecule has 0 saturated heterocycles. The highest BCUT2D eigenvalue weighted by Crippen LogP contribution is 2.30. The lowest BCUT2D eigenvalue weighted by Crippen LogP contribution is -2.34. The van der Waals surface area contributed by atoms with Crippen LogP contribution in [-0.2, 0) is 5.54 Å². The first-order valence-electron chi connectivity index (χ1n) is 6.50. The third-order valence-electron chi connectivity index (χ3n) is 3.44. The monoisotopic (exact) mass is 259 g/mol. The smallest absolute Gasteiger partial charge is 0.137 e. The summed E-state index contributed by atoms with van der Waals surface area (Å²) in [6.45, 7) is 2.68. The number of nitrogens with two attached hydrogens (primary N) is 2. The fraction of sp³-hybridized carbons (Fsp3) is 0.400. The van der Waals surface area contributed by atoms with E-state index in [2.05, 4.69) is 4.98 Å². The molecule has 1 aromatic carbocycles. The van der Waals surface area contributed by atoms with Gasteiger partial charge in [-0.1, -0.05) is 18.2 Å². The van der Waals surface area contributed by atoms with Crippen LogP contribution in [0.1, 0.15) is 25.3 Å². The van der Waals surface area contributed by atoms with E-state index in [1.165, 1.54) is 0 Å². The lowest BCUT2D eigenvalue weighted by Gasteiger charge is -2.26. The van der Waals surface area contributed by atoms with Crippen LogP contribution in [0.4, 0.5) is 0 Å². The lowest BCUT2D eigenvalue weighted by molar-refractivity contribution is 0.413. The molecule has 0 radical (unpaired) electrons. The Morgan fingerprint density at radius 2 is 2.16 bits per heavy atom. The molecule has 2 aromatic rings. The van der Waals surface area contributed by atoms with E-state index in [1.807, 2.05) is 31.2 Å². The topological polar surface area (TPSA) is 74.2 Å². The Labute approximate surface area is 113 Å². The van der Waals surface area contributed by atoms with Crippen LogP contribution in [0.2, 0.25) is 0 Å². The standard InChI is InChI=1S/C15H21N3O/c1-15(17,7-4-8-16)13-6-3-5-11-9-12(19-2)10-18-14(11)13/h3,5-6,9-10H,4,7-8,16-17H2,1-2H3. The highest BCUT2D eigenvalue weighted by Gasteiger charge is 2.23. The van der Waals surface area contributed by atoms with E-state index in [0.29, 0.717) is 6.54 Å². The minimum atomic E-state index is -0.416. The zero-order chi connectivity index (χ0) is 13.9. The number of fused-ring (bicyclic) bond motifs is 1. The number of methoxy groups -OCH3 is 1. The lowest BCUT2D eigenvalue weighted by atomic mass is 9.87. The molecule has 0 amide bonds. The van der Waals surface area contributed by atoms with E-state index in [9.17, 15) is 0 Å². The summed E-state index contributed by atoms with van der Waals surface area (Å²) in [6, 6.07) is 8.04.